The van der Waals surface area contributed by atoms with Crippen molar-refractivity contribution in [3.05, 3.63) is 84.4 Å². The quantitative estimate of drug-likeness (QED) is 0.250. The average Bonchev–Trinajstić information content (AvgIpc) is 3.77. The van der Waals surface area contributed by atoms with Gasteiger partial charge in [-0.05, 0) is 122 Å². The standard InChI is InChI=1S/C34H34N6/c1-39-15-3-5-31(39)33-35-27-13-11-25(19-29(27)37-33)23-9-7-22-18-24(10-8-21(22)17-23)26-12-14-28-30(20-26)38-34(36-28)32-6-4-16-40(32)2/h7-14,17-20,31-32H,3-6,15-16H2,1-2H3,(H,35,37)(H,36,38). The van der Waals surface area contributed by atoms with Crippen LogP contribution in [0.2, 0.25) is 0 Å². The first-order chi connectivity index (χ1) is 19.6. The number of benzene rings is 4. The van der Waals surface area contributed by atoms with Crippen molar-refractivity contribution in [3.8, 4) is 22.3 Å². The minimum absolute atomic E-state index is 0.399. The molecule has 2 aliphatic heterocycles. The molecule has 6 aromatic rings. The van der Waals surface area contributed by atoms with E-state index in [2.05, 4.69) is 107 Å². The van der Waals surface area contributed by atoms with Gasteiger partial charge in [-0.3, -0.25) is 9.80 Å². The fourth-order valence-electron chi connectivity index (χ4n) is 6.85. The monoisotopic (exact) mass is 526 g/mol. The molecule has 2 aliphatic rings. The molecule has 40 heavy (non-hydrogen) atoms. The number of hydrogen-bond acceptors (Lipinski definition) is 4. The van der Waals surface area contributed by atoms with Gasteiger partial charge in [-0.2, -0.15) is 0 Å². The summed E-state index contributed by atoms with van der Waals surface area (Å²) in [5.74, 6) is 2.18. The molecule has 0 radical (unpaired) electrons. The van der Waals surface area contributed by atoms with Crippen LogP contribution in [-0.2, 0) is 0 Å². The lowest BCUT2D eigenvalue weighted by Gasteiger charge is -2.16. The molecule has 2 aromatic heterocycles. The summed E-state index contributed by atoms with van der Waals surface area (Å²) in [5.41, 5.74) is 9.17. The first-order valence-electron chi connectivity index (χ1n) is 14.5. The molecule has 8 rings (SSSR count). The van der Waals surface area contributed by atoms with E-state index < -0.39 is 0 Å². The molecule has 0 aliphatic carbocycles. The van der Waals surface area contributed by atoms with Gasteiger partial charge in [-0.15, -0.1) is 0 Å². The Bertz CT molecular complexity index is 1740. The van der Waals surface area contributed by atoms with Crippen LogP contribution in [0.25, 0.3) is 55.1 Å². The summed E-state index contributed by atoms with van der Waals surface area (Å²) >= 11 is 0. The van der Waals surface area contributed by atoms with Crippen molar-refractivity contribution in [1.82, 2.24) is 29.7 Å². The van der Waals surface area contributed by atoms with Gasteiger partial charge in [0.15, 0.2) is 0 Å². The van der Waals surface area contributed by atoms with Crippen LogP contribution in [-0.4, -0.2) is 56.9 Å². The zero-order chi connectivity index (χ0) is 26.8. The number of aromatic amines is 2. The lowest BCUT2D eigenvalue weighted by molar-refractivity contribution is 0.307. The molecule has 0 amide bonds. The maximum absolute atomic E-state index is 4.91. The van der Waals surface area contributed by atoms with E-state index in [0.717, 1.165) is 46.8 Å². The van der Waals surface area contributed by atoms with Crippen LogP contribution in [0.15, 0.2) is 72.8 Å². The van der Waals surface area contributed by atoms with Crippen molar-refractivity contribution in [2.45, 2.75) is 37.8 Å². The highest BCUT2D eigenvalue weighted by Crippen LogP contribution is 2.34. The van der Waals surface area contributed by atoms with Crippen LogP contribution in [0.3, 0.4) is 0 Å². The molecule has 2 fully saturated rings. The Kier molecular flexibility index (Phi) is 5.54. The number of H-pyrrole nitrogens is 2. The molecule has 4 heterocycles. The second-order valence-corrected chi connectivity index (χ2v) is 11.8. The van der Waals surface area contributed by atoms with Crippen molar-refractivity contribution in [2.75, 3.05) is 27.2 Å². The van der Waals surface area contributed by atoms with Gasteiger partial charge < -0.3 is 9.97 Å². The summed E-state index contributed by atoms with van der Waals surface area (Å²) in [6.07, 6.45) is 4.81. The summed E-state index contributed by atoms with van der Waals surface area (Å²) in [4.78, 5) is 21.8. The number of imidazole rings is 2. The van der Waals surface area contributed by atoms with E-state index in [-0.39, 0.29) is 0 Å². The molecule has 0 spiro atoms. The molecule has 0 bridgehead atoms. The van der Waals surface area contributed by atoms with Gasteiger partial charge >= 0.3 is 0 Å². The molecule has 2 atom stereocenters. The van der Waals surface area contributed by atoms with Crippen molar-refractivity contribution < 1.29 is 0 Å². The Morgan fingerprint density at radius 2 is 1.00 bits per heavy atom. The van der Waals surface area contributed by atoms with E-state index in [0.29, 0.717) is 12.1 Å². The normalized spacial score (nSPS) is 20.4. The SMILES string of the molecule is CN1CCCC1c1nc2ccc(-c3ccc4cc(-c5ccc6nc(C7CCCN7C)[nH]c6c5)ccc4c3)cc2[nH]1. The topological polar surface area (TPSA) is 63.8 Å². The fourth-order valence-corrected chi connectivity index (χ4v) is 6.85. The Balaban J connectivity index is 1.09. The number of fused-ring (bicyclic) bond motifs is 3. The predicted molar refractivity (Wildman–Crippen MR) is 163 cm³/mol. The Hall–Kier alpha value is -4.00. The molecule has 2 N–H and O–H groups in total. The molecule has 200 valence electrons. The number of nitrogens with zero attached hydrogens (tertiary/aromatic N) is 4. The van der Waals surface area contributed by atoms with Crippen molar-refractivity contribution in [1.29, 1.82) is 0 Å². The van der Waals surface area contributed by atoms with Crippen molar-refractivity contribution >= 4 is 32.8 Å². The highest BCUT2D eigenvalue weighted by Gasteiger charge is 2.26. The Morgan fingerprint density at radius 3 is 1.43 bits per heavy atom. The molecule has 2 unspecified atom stereocenters. The van der Waals surface area contributed by atoms with Gasteiger partial charge in [0.2, 0.25) is 0 Å². The van der Waals surface area contributed by atoms with Crippen LogP contribution >= 0.6 is 0 Å². The Morgan fingerprint density at radius 1 is 0.575 bits per heavy atom. The summed E-state index contributed by atoms with van der Waals surface area (Å²) in [6, 6.07) is 27.5. The fraction of sp³-hybridized carbons (Fsp3) is 0.294. The third-order valence-corrected chi connectivity index (χ3v) is 9.18. The maximum Gasteiger partial charge on any atom is 0.124 e. The van der Waals surface area contributed by atoms with Crippen LogP contribution < -0.4 is 0 Å². The van der Waals surface area contributed by atoms with E-state index in [1.807, 2.05) is 0 Å². The van der Waals surface area contributed by atoms with Gasteiger partial charge in [0, 0.05) is 0 Å². The van der Waals surface area contributed by atoms with Gasteiger partial charge in [0.25, 0.3) is 0 Å². The lowest BCUT2D eigenvalue weighted by atomic mass is 9.97. The number of likely N-dealkylation sites (tertiary alicyclic amines) is 2. The highest BCUT2D eigenvalue weighted by molar-refractivity contribution is 5.93. The smallest absolute Gasteiger partial charge is 0.124 e. The van der Waals surface area contributed by atoms with E-state index in [1.165, 1.54) is 58.7 Å². The van der Waals surface area contributed by atoms with Crippen molar-refractivity contribution in [3.63, 3.8) is 0 Å². The molecule has 2 saturated heterocycles. The number of rotatable bonds is 4. The lowest BCUT2D eigenvalue weighted by Crippen LogP contribution is -2.18. The second kappa shape index (κ2) is 9.29. The van der Waals surface area contributed by atoms with E-state index in [9.17, 15) is 0 Å². The summed E-state index contributed by atoms with van der Waals surface area (Å²) in [6.45, 7) is 2.28. The van der Waals surface area contributed by atoms with Gasteiger partial charge in [-0.1, -0.05) is 36.4 Å². The highest BCUT2D eigenvalue weighted by atomic mass is 15.2. The van der Waals surface area contributed by atoms with Crippen LogP contribution in [0, 0.1) is 0 Å². The summed E-state index contributed by atoms with van der Waals surface area (Å²) in [7, 11) is 4.39. The minimum Gasteiger partial charge on any atom is -0.341 e. The van der Waals surface area contributed by atoms with Crippen LogP contribution in [0.1, 0.15) is 49.4 Å². The van der Waals surface area contributed by atoms with E-state index in [4.69, 9.17) is 9.97 Å². The van der Waals surface area contributed by atoms with Gasteiger partial charge in [0.05, 0.1) is 34.2 Å². The summed E-state index contributed by atoms with van der Waals surface area (Å²) in [5, 5.41) is 2.49. The molecule has 0 saturated carbocycles. The summed E-state index contributed by atoms with van der Waals surface area (Å²) < 4.78 is 0. The molecular formula is C34H34N6. The average molecular weight is 527 g/mol. The van der Waals surface area contributed by atoms with Crippen molar-refractivity contribution in [2.24, 2.45) is 0 Å². The first-order valence-corrected chi connectivity index (χ1v) is 14.5. The van der Waals surface area contributed by atoms with Gasteiger partial charge in [-0.25, -0.2) is 9.97 Å². The molecule has 6 nitrogen and oxygen atoms in total. The maximum atomic E-state index is 4.91. The van der Waals surface area contributed by atoms with E-state index >= 15 is 0 Å². The predicted octanol–water partition coefficient (Wildman–Crippen LogP) is 7.46. The number of nitrogens with one attached hydrogen (secondary N) is 2. The largest absolute Gasteiger partial charge is 0.341 e. The first kappa shape index (κ1) is 23.9. The molecule has 6 heteroatoms. The van der Waals surface area contributed by atoms with Gasteiger partial charge in [0.1, 0.15) is 11.6 Å². The minimum atomic E-state index is 0.399. The zero-order valence-electron chi connectivity index (χ0n) is 23.1. The van der Waals surface area contributed by atoms with E-state index in [1.54, 1.807) is 0 Å². The Labute approximate surface area is 234 Å². The number of hydrogen-bond donors (Lipinski definition) is 2. The van der Waals surface area contributed by atoms with Crippen LogP contribution in [0.5, 0.6) is 0 Å². The molecule has 4 aromatic carbocycles. The second-order valence-electron chi connectivity index (χ2n) is 11.8. The molecular weight excluding hydrogens is 492 g/mol. The third-order valence-electron chi connectivity index (χ3n) is 9.18. The third kappa shape index (κ3) is 4.02. The number of aromatic nitrogens is 4. The van der Waals surface area contributed by atoms with Crippen LogP contribution in [0.4, 0.5) is 0 Å². The zero-order valence-corrected chi connectivity index (χ0v) is 23.1.